The molecule has 2 nitrogen and oxygen atoms in total. The predicted molar refractivity (Wildman–Crippen MR) is 81.0 cm³/mol. The van der Waals surface area contributed by atoms with Crippen molar-refractivity contribution in [2.24, 2.45) is 0 Å². The molecule has 0 aliphatic heterocycles. The zero-order valence-electron chi connectivity index (χ0n) is 13.0. The molecule has 0 aromatic carbocycles. The van der Waals surface area contributed by atoms with Gasteiger partial charge in [-0.1, -0.05) is 59.3 Å². The molecule has 1 unspecified atom stereocenters. The molecule has 0 radical (unpaired) electrons. The van der Waals surface area contributed by atoms with Gasteiger partial charge in [-0.05, 0) is 32.4 Å². The highest BCUT2D eigenvalue weighted by molar-refractivity contribution is 4.64. The Morgan fingerprint density at radius 1 is 0.778 bits per heavy atom. The number of aliphatic hydroxyl groups excluding tert-OH is 1. The molecule has 0 bridgehead atoms. The molecule has 0 spiro atoms. The molecule has 0 aliphatic carbocycles. The van der Waals surface area contributed by atoms with Gasteiger partial charge in [-0.2, -0.15) is 0 Å². The van der Waals surface area contributed by atoms with Gasteiger partial charge in [0.25, 0.3) is 0 Å². The number of unbranched alkanes of at least 4 members (excludes halogenated alkanes) is 5. The summed E-state index contributed by atoms with van der Waals surface area (Å²) >= 11 is 0. The second-order valence-electron chi connectivity index (χ2n) is 5.51. The van der Waals surface area contributed by atoms with Crippen LogP contribution >= 0.6 is 0 Å². The van der Waals surface area contributed by atoms with E-state index < -0.39 is 0 Å². The molecule has 0 saturated heterocycles. The molecule has 0 aliphatic rings. The standard InChI is InChI=1S/C16H35NO/c1-4-7-8-9-10-11-12-16(18)15-17(13-5-2)14-6-3/h16,18H,4-15H2,1-3H3. The Balaban J connectivity index is 3.51. The number of hydrogen-bond donors (Lipinski definition) is 1. The van der Waals surface area contributed by atoms with Gasteiger partial charge in [0.2, 0.25) is 0 Å². The summed E-state index contributed by atoms with van der Waals surface area (Å²) < 4.78 is 0. The first kappa shape index (κ1) is 17.9. The molecule has 110 valence electrons. The van der Waals surface area contributed by atoms with E-state index in [1.807, 2.05) is 0 Å². The van der Waals surface area contributed by atoms with Gasteiger partial charge in [0.1, 0.15) is 0 Å². The van der Waals surface area contributed by atoms with E-state index in [0.717, 1.165) is 26.1 Å². The minimum Gasteiger partial charge on any atom is -0.392 e. The summed E-state index contributed by atoms with van der Waals surface area (Å²) in [4.78, 5) is 2.40. The molecular formula is C16H35NO. The minimum atomic E-state index is -0.116. The second-order valence-corrected chi connectivity index (χ2v) is 5.51. The quantitative estimate of drug-likeness (QED) is 0.499. The predicted octanol–water partition coefficient (Wildman–Crippen LogP) is 4.22. The van der Waals surface area contributed by atoms with Gasteiger partial charge in [0, 0.05) is 6.54 Å². The molecule has 0 aromatic heterocycles. The highest BCUT2D eigenvalue weighted by Crippen LogP contribution is 2.09. The lowest BCUT2D eigenvalue weighted by molar-refractivity contribution is 0.103. The van der Waals surface area contributed by atoms with Crippen molar-refractivity contribution in [3.63, 3.8) is 0 Å². The van der Waals surface area contributed by atoms with Crippen molar-refractivity contribution in [2.45, 2.75) is 84.7 Å². The number of nitrogens with zero attached hydrogens (tertiary/aromatic N) is 1. The topological polar surface area (TPSA) is 23.5 Å². The fourth-order valence-corrected chi connectivity index (χ4v) is 2.48. The largest absolute Gasteiger partial charge is 0.392 e. The van der Waals surface area contributed by atoms with Gasteiger partial charge in [-0.25, -0.2) is 0 Å². The second kappa shape index (κ2) is 13.4. The van der Waals surface area contributed by atoms with Crippen molar-refractivity contribution in [2.75, 3.05) is 19.6 Å². The van der Waals surface area contributed by atoms with Gasteiger partial charge >= 0.3 is 0 Å². The smallest absolute Gasteiger partial charge is 0.0667 e. The Kier molecular flexibility index (Phi) is 13.3. The van der Waals surface area contributed by atoms with E-state index in [2.05, 4.69) is 25.7 Å². The maximum absolute atomic E-state index is 10.0. The Hall–Kier alpha value is -0.0800. The summed E-state index contributed by atoms with van der Waals surface area (Å²) in [5.41, 5.74) is 0. The molecule has 0 amide bonds. The van der Waals surface area contributed by atoms with Crippen LogP contribution < -0.4 is 0 Å². The van der Waals surface area contributed by atoms with Gasteiger partial charge in [0.05, 0.1) is 6.10 Å². The maximum atomic E-state index is 10.0. The fraction of sp³-hybridized carbons (Fsp3) is 1.00. The average molecular weight is 257 g/mol. The van der Waals surface area contributed by atoms with Gasteiger partial charge < -0.3 is 10.0 Å². The lowest BCUT2D eigenvalue weighted by Crippen LogP contribution is -2.33. The van der Waals surface area contributed by atoms with E-state index >= 15 is 0 Å². The Morgan fingerprint density at radius 2 is 1.33 bits per heavy atom. The van der Waals surface area contributed by atoms with Crippen LogP contribution in [-0.2, 0) is 0 Å². The summed E-state index contributed by atoms with van der Waals surface area (Å²) in [6.45, 7) is 9.80. The van der Waals surface area contributed by atoms with E-state index in [1.165, 1.54) is 51.4 Å². The summed E-state index contributed by atoms with van der Waals surface area (Å²) in [5, 5.41) is 10.0. The van der Waals surface area contributed by atoms with E-state index in [1.54, 1.807) is 0 Å². The van der Waals surface area contributed by atoms with E-state index in [9.17, 15) is 5.11 Å². The Labute approximate surface area is 115 Å². The number of rotatable bonds is 13. The third-order valence-electron chi connectivity index (χ3n) is 3.44. The van der Waals surface area contributed by atoms with Gasteiger partial charge in [0.15, 0.2) is 0 Å². The minimum absolute atomic E-state index is 0.116. The van der Waals surface area contributed by atoms with Crippen molar-refractivity contribution in [1.82, 2.24) is 4.90 Å². The van der Waals surface area contributed by atoms with E-state index in [4.69, 9.17) is 0 Å². The molecular weight excluding hydrogens is 222 g/mol. The van der Waals surface area contributed by atoms with Crippen LogP contribution in [0, 0.1) is 0 Å². The first-order valence-electron chi connectivity index (χ1n) is 8.14. The van der Waals surface area contributed by atoms with Crippen LogP contribution in [0.2, 0.25) is 0 Å². The fourth-order valence-electron chi connectivity index (χ4n) is 2.48. The van der Waals surface area contributed by atoms with Crippen molar-refractivity contribution in [3.8, 4) is 0 Å². The summed E-state index contributed by atoms with van der Waals surface area (Å²) in [7, 11) is 0. The molecule has 0 aromatic rings. The van der Waals surface area contributed by atoms with Crippen molar-refractivity contribution < 1.29 is 5.11 Å². The molecule has 0 rings (SSSR count). The van der Waals surface area contributed by atoms with Crippen molar-refractivity contribution in [1.29, 1.82) is 0 Å². The van der Waals surface area contributed by atoms with Gasteiger partial charge in [-0.3, -0.25) is 0 Å². The van der Waals surface area contributed by atoms with Crippen LogP contribution in [0.1, 0.15) is 78.6 Å². The molecule has 2 heteroatoms. The lowest BCUT2D eigenvalue weighted by Gasteiger charge is -2.24. The highest BCUT2D eigenvalue weighted by Gasteiger charge is 2.09. The third-order valence-corrected chi connectivity index (χ3v) is 3.44. The Morgan fingerprint density at radius 3 is 1.89 bits per heavy atom. The highest BCUT2D eigenvalue weighted by atomic mass is 16.3. The van der Waals surface area contributed by atoms with Crippen LogP contribution in [-0.4, -0.2) is 35.7 Å². The SMILES string of the molecule is CCCCCCCCC(O)CN(CCC)CCC. The first-order chi connectivity index (χ1) is 8.74. The summed E-state index contributed by atoms with van der Waals surface area (Å²) in [5.74, 6) is 0. The lowest BCUT2D eigenvalue weighted by atomic mass is 10.1. The zero-order valence-corrected chi connectivity index (χ0v) is 13.0. The molecule has 0 heterocycles. The monoisotopic (exact) mass is 257 g/mol. The average Bonchev–Trinajstić information content (AvgIpc) is 2.34. The van der Waals surface area contributed by atoms with Crippen LogP contribution in [0.4, 0.5) is 0 Å². The van der Waals surface area contributed by atoms with E-state index in [0.29, 0.717) is 0 Å². The molecule has 0 fully saturated rings. The maximum Gasteiger partial charge on any atom is 0.0667 e. The number of aliphatic hydroxyl groups is 1. The van der Waals surface area contributed by atoms with Crippen molar-refractivity contribution in [3.05, 3.63) is 0 Å². The van der Waals surface area contributed by atoms with Crippen molar-refractivity contribution >= 4 is 0 Å². The molecule has 1 atom stereocenters. The molecule has 1 N–H and O–H groups in total. The summed E-state index contributed by atoms with van der Waals surface area (Å²) in [6, 6.07) is 0. The number of hydrogen-bond acceptors (Lipinski definition) is 2. The van der Waals surface area contributed by atoms with Gasteiger partial charge in [-0.15, -0.1) is 0 Å². The zero-order chi connectivity index (χ0) is 13.6. The van der Waals surface area contributed by atoms with Crippen LogP contribution in [0.25, 0.3) is 0 Å². The van der Waals surface area contributed by atoms with Crippen LogP contribution in [0.5, 0.6) is 0 Å². The Bertz CT molecular complexity index is 155. The summed E-state index contributed by atoms with van der Waals surface area (Å²) in [6.07, 6.45) is 11.1. The van der Waals surface area contributed by atoms with Crippen LogP contribution in [0.3, 0.4) is 0 Å². The molecule has 0 saturated carbocycles. The normalized spacial score (nSPS) is 13.2. The molecule has 18 heavy (non-hydrogen) atoms. The third kappa shape index (κ3) is 11.0. The van der Waals surface area contributed by atoms with E-state index in [-0.39, 0.29) is 6.10 Å². The first-order valence-corrected chi connectivity index (χ1v) is 8.14. The van der Waals surface area contributed by atoms with Crippen LogP contribution in [0.15, 0.2) is 0 Å².